The van der Waals surface area contributed by atoms with E-state index >= 15 is 8.78 Å². The molecular weight excluding hydrogens is 1240 g/mol. The van der Waals surface area contributed by atoms with E-state index in [9.17, 15) is 0 Å². The molecule has 0 spiro atoms. The first-order chi connectivity index (χ1) is 49.5. The Morgan fingerprint density at radius 2 is 0.730 bits per heavy atom. The quantitative estimate of drug-likeness (QED) is 0.126. The molecule has 5 aliphatic heterocycles. The molecule has 0 radical (unpaired) electrons. The highest BCUT2D eigenvalue weighted by Crippen LogP contribution is 2.59. The first-order valence-electron chi connectivity index (χ1n) is 34.0. The van der Waals surface area contributed by atoms with Crippen LogP contribution in [0.2, 0.25) is 0 Å². The van der Waals surface area contributed by atoms with Gasteiger partial charge in [0.2, 0.25) is 6.71 Å². The summed E-state index contributed by atoms with van der Waals surface area (Å²) < 4.78 is 35.4. The first kappa shape index (κ1) is 57.8. The maximum atomic E-state index is 18.6. The normalized spacial score (nSPS) is 13.0. The maximum absolute atomic E-state index is 18.6. The van der Waals surface area contributed by atoms with Gasteiger partial charge in [0, 0.05) is 95.2 Å². The predicted octanol–water partition coefficient (Wildman–Crippen LogP) is 20.7. The Morgan fingerprint density at radius 3 is 1.34 bits per heavy atom. The van der Waals surface area contributed by atoms with Crippen molar-refractivity contribution >= 4 is 143 Å². The summed E-state index contributed by atoms with van der Waals surface area (Å²) in [6.07, 6.45) is 0. The van der Waals surface area contributed by atoms with Crippen LogP contribution in [0.25, 0.3) is 44.5 Å². The largest absolute Gasteiger partial charge is 0.311 e. The van der Waals surface area contributed by atoms with Crippen molar-refractivity contribution in [2.24, 2.45) is 0 Å². The van der Waals surface area contributed by atoms with Crippen LogP contribution in [0.4, 0.5) is 94.1 Å². The van der Waals surface area contributed by atoms with Crippen molar-refractivity contribution in [2.75, 3.05) is 24.5 Å². The van der Waals surface area contributed by atoms with Crippen LogP contribution in [0.5, 0.6) is 0 Å². The molecule has 0 atom stereocenters. The smallest absolute Gasteiger partial charge is 0.252 e. The zero-order chi connectivity index (χ0) is 66.1. The zero-order valence-corrected chi connectivity index (χ0v) is 54.8. The van der Waals surface area contributed by atoms with Crippen LogP contribution in [0, 0.1) is 11.6 Å². The van der Waals surface area contributed by atoms with Gasteiger partial charge in [-0.25, -0.2) is 8.78 Å². The minimum Gasteiger partial charge on any atom is -0.311 e. The van der Waals surface area contributed by atoms with E-state index in [-0.39, 0.29) is 13.4 Å². The molecule has 0 amide bonds. The first-order valence-corrected chi connectivity index (χ1v) is 34.8. The second kappa shape index (κ2) is 23.2. The number of nitrogens with zero attached hydrogens (tertiary/aromatic N) is 5. The van der Waals surface area contributed by atoms with E-state index in [4.69, 9.17) is 0 Å². The molecule has 20 rings (SSSR count). The number of halogens is 2. The monoisotopic (exact) mass is 1300 g/mol. The molecule has 15 aromatic rings. The molecule has 0 aromatic heterocycles. The number of hydrogen-bond acceptors (Lipinski definition) is 6. The van der Waals surface area contributed by atoms with Crippen LogP contribution >= 0.6 is 11.8 Å². The molecule has 5 aliphatic rings. The fourth-order valence-corrected chi connectivity index (χ4v) is 17.9. The molecule has 468 valence electrons. The van der Waals surface area contributed by atoms with E-state index in [0.29, 0.717) is 11.3 Å². The van der Waals surface area contributed by atoms with Crippen molar-refractivity contribution in [3.8, 4) is 44.5 Å². The highest BCUT2D eigenvalue weighted by Gasteiger charge is 2.51. The second-order valence-corrected chi connectivity index (χ2v) is 27.2. The average molecular weight is 1300 g/mol. The minimum absolute atomic E-state index is 0.290. The summed E-state index contributed by atoms with van der Waals surface area (Å²) in [6, 6.07) is 122. The lowest BCUT2D eigenvalue weighted by Crippen LogP contribution is -2.64. The van der Waals surface area contributed by atoms with Gasteiger partial charge < -0.3 is 24.5 Å². The number of benzene rings is 15. The van der Waals surface area contributed by atoms with Gasteiger partial charge >= 0.3 is 0 Å². The lowest BCUT2D eigenvalue weighted by atomic mass is 9.30. The molecule has 15 aromatic carbocycles. The highest BCUT2D eigenvalue weighted by atomic mass is 32.2. The Bertz CT molecular complexity index is 5730. The third-order valence-electron chi connectivity index (χ3n) is 20.6. The molecule has 0 saturated heterocycles. The van der Waals surface area contributed by atoms with Gasteiger partial charge in [-0.1, -0.05) is 242 Å². The summed E-state index contributed by atoms with van der Waals surface area (Å²) in [5.41, 5.74) is 28.2. The van der Waals surface area contributed by atoms with Gasteiger partial charge in [0.15, 0.2) is 5.82 Å². The van der Waals surface area contributed by atoms with Crippen LogP contribution < -0.4 is 57.3 Å². The van der Waals surface area contributed by atoms with E-state index in [2.05, 4.69) is 340 Å². The summed E-state index contributed by atoms with van der Waals surface area (Å²) in [6.45, 7) is -0.660. The van der Waals surface area contributed by atoms with E-state index in [1.165, 1.54) is 10.9 Å². The van der Waals surface area contributed by atoms with Gasteiger partial charge in [0.25, 0.3) is 6.71 Å². The number of rotatable bonds is 10. The Labute approximate surface area is 584 Å². The summed E-state index contributed by atoms with van der Waals surface area (Å²) >= 11 is 1.79. The van der Waals surface area contributed by atoms with Gasteiger partial charge in [0.1, 0.15) is 5.82 Å². The van der Waals surface area contributed by atoms with Crippen molar-refractivity contribution in [3.63, 3.8) is 0 Å². The summed E-state index contributed by atoms with van der Waals surface area (Å²) in [4.78, 5) is 13.9. The maximum Gasteiger partial charge on any atom is 0.252 e. The minimum atomic E-state index is -0.652. The van der Waals surface area contributed by atoms with E-state index < -0.39 is 11.6 Å². The molecule has 0 saturated carbocycles. The third-order valence-corrected chi connectivity index (χ3v) is 21.8. The van der Waals surface area contributed by atoms with Gasteiger partial charge in [0.05, 0.1) is 17.1 Å². The van der Waals surface area contributed by atoms with Crippen molar-refractivity contribution in [3.05, 3.63) is 357 Å². The molecule has 0 unspecified atom stereocenters. The third kappa shape index (κ3) is 9.03. The highest BCUT2D eigenvalue weighted by molar-refractivity contribution is 8.00. The lowest BCUT2D eigenvalue weighted by molar-refractivity contribution is 0.585. The Hall–Kier alpha value is -12.4. The Kier molecular flexibility index (Phi) is 13.4. The van der Waals surface area contributed by atoms with Crippen molar-refractivity contribution in [1.82, 2.24) is 0 Å². The van der Waals surface area contributed by atoms with Crippen LogP contribution in [0.15, 0.2) is 356 Å². The van der Waals surface area contributed by atoms with Crippen LogP contribution in [0.1, 0.15) is 0 Å². The molecule has 0 bridgehead atoms. The summed E-state index contributed by atoms with van der Waals surface area (Å²) in [5.74, 6) is -1.30. The summed E-state index contributed by atoms with van der Waals surface area (Å²) in [5, 5.41) is 0. The van der Waals surface area contributed by atoms with Crippen molar-refractivity contribution < 1.29 is 8.78 Å². The molecule has 0 N–H and O–H groups in total. The zero-order valence-electron chi connectivity index (χ0n) is 54.0. The fourth-order valence-electron chi connectivity index (χ4n) is 16.6. The lowest BCUT2D eigenvalue weighted by Gasteiger charge is -2.47. The topological polar surface area (TPSA) is 16.2 Å². The Balaban J connectivity index is 0.902. The SMILES string of the molecule is Fc1cc(F)c2c(c1)-c1ccccc1-c1c3c(cc4c1N2c1cc(N(c2ccccc2)c2ccccc2)cc2c1B4c1ccccc1N2c1ccccc1)B1c2ccccc2N(c2ccccc2)c2cc(N(c4ccc(-c5ccccc5)cc4)c4cccc(-c5ccccc5)c4)cc(c21)S3. The van der Waals surface area contributed by atoms with E-state index in [1.807, 2.05) is 18.2 Å². The van der Waals surface area contributed by atoms with Crippen LogP contribution in [0.3, 0.4) is 0 Å². The van der Waals surface area contributed by atoms with Crippen LogP contribution in [-0.2, 0) is 0 Å². The van der Waals surface area contributed by atoms with Crippen LogP contribution in [-0.4, -0.2) is 13.4 Å². The molecule has 100 heavy (non-hydrogen) atoms. The molecular formula is C90H57B2F2N5S. The number of fused-ring (bicyclic) bond motifs is 14. The van der Waals surface area contributed by atoms with E-state index in [0.717, 1.165) is 156 Å². The number of para-hydroxylation sites is 6. The van der Waals surface area contributed by atoms with Gasteiger partial charge in [-0.2, -0.15) is 0 Å². The second-order valence-electron chi connectivity index (χ2n) is 26.1. The predicted molar refractivity (Wildman–Crippen MR) is 415 cm³/mol. The van der Waals surface area contributed by atoms with Gasteiger partial charge in [-0.05, 0) is 176 Å². The Morgan fingerprint density at radius 1 is 0.280 bits per heavy atom. The number of anilines is 15. The van der Waals surface area contributed by atoms with Crippen molar-refractivity contribution in [1.29, 1.82) is 0 Å². The molecule has 10 heteroatoms. The fraction of sp³-hybridized carbons (Fsp3) is 0. The van der Waals surface area contributed by atoms with E-state index in [1.54, 1.807) is 17.8 Å². The average Bonchev–Trinajstić information content (AvgIpc) is 0.997. The molecule has 0 fully saturated rings. The molecule has 5 heterocycles. The van der Waals surface area contributed by atoms with Gasteiger partial charge in [-0.15, -0.1) is 0 Å². The number of hydrogen-bond donors (Lipinski definition) is 0. The molecule has 5 nitrogen and oxygen atoms in total. The molecule has 0 aliphatic carbocycles. The summed E-state index contributed by atoms with van der Waals surface area (Å²) in [7, 11) is 0. The van der Waals surface area contributed by atoms with Crippen molar-refractivity contribution in [2.45, 2.75) is 9.79 Å². The standard InChI is InChI=1S/C90H57B2F2N5S/c93-62-51-73-71-40-19-20-41-72(71)85-89-76(91-74-42-21-23-44-79(74)97(65-35-15-5-16-36-65)81-53-69(54-82(86(81)91)99(89)88(73)78(94)52-62)95(63-31-11-3-12-32-63)64-33-13-4-14-34-64)57-77-90(85)100-84-56-70(55-83-87(84)92(77)75-43-22-24-45-80(75)98(83)66-37-17-6-18-38-66)96(67-48-46-60(47-49-67)58-26-7-1-8-27-58)68-39-25-30-61(50-68)59-28-9-2-10-29-59/h1-57H. The van der Waals surface area contributed by atoms with Gasteiger partial charge in [-0.3, -0.25) is 0 Å².